The largest absolute Gasteiger partial charge is 0.335 e. The number of anilines is 1. The number of nitrogens with zero attached hydrogens (tertiary/aromatic N) is 1. The molecular weight excluding hydrogens is 363 g/mol. The molecule has 1 fully saturated rings. The van der Waals surface area contributed by atoms with Crippen LogP contribution in [0.3, 0.4) is 0 Å². The quantitative estimate of drug-likeness (QED) is 0.638. The predicted octanol–water partition coefficient (Wildman–Crippen LogP) is 3.97. The van der Waals surface area contributed by atoms with Gasteiger partial charge < -0.3 is 0 Å². The van der Waals surface area contributed by atoms with Gasteiger partial charge in [-0.2, -0.15) is 0 Å². The van der Waals surface area contributed by atoms with E-state index in [1.807, 2.05) is 6.92 Å². The number of halogens is 2. The smallest absolute Gasteiger partial charge is 0.273 e. The molecule has 1 N–H and O–H groups in total. The molecule has 1 aliphatic rings. The SMILES string of the molecule is Cc1ccc(N2C(=O)NC(=O)/C(=C\c3c(Cl)cccc3Cl)C2=O)cc1. The van der Waals surface area contributed by atoms with Gasteiger partial charge in [0, 0.05) is 15.6 Å². The Labute approximate surface area is 153 Å². The topological polar surface area (TPSA) is 66.5 Å². The molecule has 4 amide bonds. The van der Waals surface area contributed by atoms with Crippen LogP contribution in [-0.2, 0) is 9.59 Å². The maximum Gasteiger partial charge on any atom is 0.335 e. The van der Waals surface area contributed by atoms with Crippen molar-refractivity contribution in [3.63, 3.8) is 0 Å². The average molecular weight is 375 g/mol. The van der Waals surface area contributed by atoms with Crippen molar-refractivity contribution in [1.29, 1.82) is 0 Å². The Morgan fingerprint density at radius 1 is 0.960 bits per heavy atom. The molecule has 0 unspecified atom stereocenters. The van der Waals surface area contributed by atoms with Crippen molar-refractivity contribution in [2.24, 2.45) is 0 Å². The molecule has 0 aromatic heterocycles. The molecule has 0 spiro atoms. The Kier molecular flexibility index (Phi) is 4.61. The van der Waals surface area contributed by atoms with Crippen LogP contribution >= 0.6 is 23.2 Å². The van der Waals surface area contributed by atoms with Crippen LogP contribution in [0.2, 0.25) is 10.0 Å². The minimum absolute atomic E-state index is 0.227. The van der Waals surface area contributed by atoms with E-state index < -0.39 is 17.8 Å². The van der Waals surface area contributed by atoms with Gasteiger partial charge in [-0.25, -0.2) is 9.69 Å². The Hall–Kier alpha value is -2.63. The molecule has 1 aliphatic heterocycles. The third-order valence-electron chi connectivity index (χ3n) is 3.68. The second-order valence-corrected chi connectivity index (χ2v) is 6.24. The second kappa shape index (κ2) is 6.70. The Balaban J connectivity index is 2.07. The summed E-state index contributed by atoms with van der Waals surface area (Å²) in [5.74, 6) is -1.54. The van der Waals surface area contributed by atoms with Gasteiger partial charge >= 0.3 is 6.03 Å². The van der Waals surface area contributed by atoms with Gasteiger partial charge in [-0.15, -0.1) is 0 Å². The molecule has 2 aromatic rings. The van der Waals surface area contributed by atoms with Crippen LogP contribution in [0.5, 0.6) is 0 Å². The normalized spacial score (nSPS) is 16.4. The number of hydrogen-bond acceptors (Lipinski definition) is 3. The summed E-state index contributed by atoms with van der Waals surface area (Å²) < 4.78 is 0. The number of aryl methyl sites for hydroxylation is 1. The van der Waals surface area contributed by atoms with Gasteiger partial charge in [-0.05, 0) is 37.3 Å². The highest BCUT2D eigenvalue weighted by Crippen LogP contribution is 2.28. The molecule has 1 heterocycles. The van der Waals surface area contributed by atoms with Crippen molar-refractivity contribution in [1.82, 2.24) is 5.32 Å². The molecular formula is C18H12Cl2N2O3. The van der Waals surface area contributed by atoms with E-state index in [0.29, 0.717) is 21.3 Å². The van der Waals surface area contributed by atoms with Gasteiger partial charge in [0.05, 0.1) is 5.69 Å². The summed E-state index contributed by atoms with van der Waals surface area (Å²) in [5, 5.41) is 2.74. The van der Waals surface area contributed by atoms with E-state index in [1.165, 1.54) is 6.08 Å². The van der Waals surface area contributed by atoms with Crippen LogP contribution in [0.4, 0.5) is 10.5 Å². The Bertz CT molecular complexity index is 900. The van der Waals surface area contributed by atoms with Crippen molar-refractivity contribution < 1.29 is 14.4 Å². The third kappa shape index (κ3) is 3.29. The molecule has 2 aromatic carbocycles. The van der Waals surface area contributed by atoms with Crippen molar-refractivity contribution in [2.45, 2.75) is 6.92 Å². The zero-order valence-electron chi connectivity index (χ0n) is 13.0. The van der Waals surface area contributed by atoms with Crippen molar-refractivity contribution >= 4 is 52.8 Å². The van der Waals surface area contributed by atoms with E-state index in [9.17, 15) is 14.4 Å². The summed E-state index contributed by atoms with van der Waals surface area (Å²) in [5.41, 5.74) is 1.44. The number of rotatable bonds is 2. The number of amides is 4. The minimum Gasteiger partial charge on any atom is -0.273 e. The van der Waals surface area contributed by atoms with Crippen molar-refractivity contribution in [3.05, 3.63) is 69.2 Å². The number of nitrogens with one attached hydrogen (secondary N) is 1. The summed E-state index contributed by atoms with van der Waals surface area (Å²) in [7, 11) is 0. The minimum atomic E-state index is -0.804. The van der Waals surface area contributed by atoms with Gasteiger partial charge in [-0.3, -0.25) is 14.9 Å². The number of benzene rings is 2. The van der Waals surface area contributed by atoms with Crippen LogP contribution < -0.4 is 10.2 Å². The summed E-state index contributed by atoms with van der Waals surface area (Å²) in [6, 6.07) is 10.8. The molecule has 25 heavy (non-hydrogen) atoms. The van der Waals surface area contributed by atoms with E-state index in [0.717, 1.165) is 10.5 Å². The molecule has 3 rings (SSSR count). The fourth-order valence-electron chi connectivity index (χ4n) is 2.38. The van der Waals surface area contributed by atoms with Gasteiger partial charge in [0.1, 0.15) is 5.57 Å². The van der Waals surface area contributed by atoms with Gasteiger partial charge in [0.15, 0.2) is 0 Å². The predicted molar refractivity (Wildman–Crippen MR) is 96.6 cm³/mol. The van der Waals surface area contributed by atoms with E-state index in [1.54, 1.807) is 42.5 Å². The number of hydrogen-bond donors (Lipinski definition) is 1. The molecule has 0 saturated carbocycles. The highest BCUT2D eigenvalue weighted by Gasteiger charge is 2.37. The second-order valence-electron chi connectivity index (χ2n) is 5.43. The summed E-state index contributed by atoms with van der Waals surface area (Å²) in [6.45, 7) is 1.89. The number of carbonyl (C=O) groups is 3. The van der Waals surface area contributed by atoms with Crippen molar-refractivity contribution in [2.75, 3.05) is 4.90 Å². The lowest BCUT2D eigenvalue weighted by molar-refractivity contribution is -0.122. The molecule has 1 saturated heterocycles. The van der Waals surface area contributed by atoms with Crippen LogP contribution in [0, 0.1) is 6.92 Å². The first-order valence-corrected chi connectivity index (χ1v) is 8.06. The van der Waals surface area contributed by atoms with E-state index in [4.69, 9.17) is 23.2 Å². The van der Waals surface area contributed by atoms with Crippen LogP contribution in [0.1, 0.15) is 11.1 Å². The van der Waals surface area contributed by atoms with Gasteiger partial charge in [0.2, 0.25) is 0 Å². The molecule has 0 aliphatic carbocycles. The molecule has 0 radical (unpaired) electrons. The van der Waals surface area contributed by atoms with Gasteiger partial charge in [0.25, 0.3) is 11.8 Å². The summed E-state index contributed by atoms with van der Waals surface area (Å²) >= 11 is 12.2. The number of carbonyl (C=O) groups excluding carboxylic acids is 3. The fraction of sp³-hybridized carbons (Fsp3) is 0.0556. The molecule has 7 heteroatoms. The van der Waals surface area contributed by atoms with E-state index in [-0.39, 0.29) is 5.57 Å². The maximum atomic E-state index is 12.7. The standard InChI is InChI=1S/C18H12Cl2N2O3/c1-10-5-7-11(8-6-10)22-17(24)13(16(23)21-18(22)25)9-12-14(19)3-2-4-15(12)20/h2-9H,1H3,(H,21,23,25)/b13-9+. The first-order valence-electron chi connectivity index (χ1n) is 7.30. The maximum absolute atomic E-state index is 12.7. The highest BCUT2D eigenvalue weighted by atomic mass is 35.5. The first-order chi connectivity index (χ1) is 11.9. The molecule has 0 atom stereocenters. The van der Waals surface area contributed by atoms with Crippen molar-refractivity contribution in [3.8, 4) is 0 Å². The third-order valence-corrected chi connectivity index (χ3v) is 4.34. The monoisotopic (exact) mass is 374 g/mol. The zero-order chi connectivity index (χ0) is 18.1. The molecule has 5 nitrogen and oxygen atoms in total. The lowest BCUT2D eigenvalue weighted by Gasteiger charge is -2.26. The summed E-state index contributed by atoms with van der Waals surface area (Å²) in [4.78, 5) is 37.9. The van der Waals surface area contributed by atoms with Crippen LogP contribution in [-0.4, -0.2) is 17.8 Å². The number of barbiturate groups is 1. The lowest BCUT2D eigenvalue weighted by atomic mass is 10.1. The molecule has 126 valence electrons. The van der Waals surface area contributed by atoms with Crippen LogP contribution in [0.15, 0.2) is 48.0 Å². The van der Waals surface area contributed by atoms with E-state index in [2.05, 4.69) is 5.32 Å². The highest BCUT2D eigenvalue weighted by molar-refractivity contribution is 6.41. The summed E-state index contributed by atoms with van der Waals surface area (Å²) in [6.07, 6.45) is 1.29. The number of urea groups is 1. The molecule has 0 bridgehead atoms. The fourth-order valence-corrected chi connectivity index (χ4v) is 2.89. The lowest BCUT2D eigenvalue weighted by Crippen LogP contribution is -2.54. The Morgan fingerprint density at radius 2 is 1.56 bits per heavy atom. The van der Waals surface area contributed by atoms with Gasteiger partial charge in [-0.1, -0.05) is 47.0 Å². The van der Waals surface area contributed by atoms with Crippen LogP contribution in [0.25, 0.3) is 6.08 Å². The number of imide groups is 2. The average Bonchev–Trinajstić information content (AvgIpc) is 2.55. The Morgan fingerprint density at radius 3 is 2.16 bits per heavy atom. The zero-order valence-corrected chi connectivity index (χ0v) is 14.6. The van der Waals surface area contributed by atoms with E-state index >= 15 is 0 Å². The first kappa shape index (κ1) is 17.2.